The van der Waals surface area contributed by atoms with E-state index in [4.69, 9.17) is 9.15 Å². The number of rotatable bonds is 2. The number of carbonyl (C=O) groups is 1. The maximum atomic E-state index is 12.2. The van der Waals surface area contributed by atoms with Gasteiger partial charge in [-0.05, 0) is 12.1 Å². The smallest absolute Gasteiger partial charge is 0.424 e. The van der Waals surface area contributed by atoms with Gasteiger partial charge >= 0.3 is 11.7 Å². The Hall–Kier alpha value is -2.56. The zero-order valence-electron chi connectivity index (χ0n) is 11.8. The predicted octanol–water partition coefficient (Wildman–Crippen LogP) is 2.19. The van der Waals surface area contributed by atoms with Crippen LogP contribution in [0, 0.1) is 0 Å². The van der Waals surface area contributed by atoms with E-state index in [1.807, 2.05) is 37.3 Å². The zero-order chi connectivity index (χ0) is 15.0. The molecule has 108 valence electrons. The molecule has 2 aromatic rings. The molecule has 1 heterocycles. The number of hydrogen-bond donors (Lipinski definition) is 0. The van der Waals surface area contributed by atoms with E-state index in [-0.39, 0.29) is 11.9 Å². The van der Waals surface area contributed by atoms with Crippen LogP contribution in [0.15, 0.2) is 51.2 Å². The van der Waals surface area contributed by atoms with Crippen LogP contribution in [0.5, 0.6) is 0 Å². The molecule has 0 aliphatic heterocycles. The van der Waals surface area contributed by atoms with Gasteiger partial charge in [0, 0.05) is 17.9 Å². The molecule has 0 N–H and O–H groups in total. The molecule has 0 spiro atoms. The lowest BCUT2D eigenvalue weighted by atomic mass is 9.89. The van der Waals surface area contributed by atoms with Crippen LogP contribution in [-0.2, 0) is 16.0 Å². The molecule has 0 unspecified atom stereocenters. The summed E-state index contributed by atoms with van der Waals surface area (Å²) < 4.78 is 11.7. The molecular formula is C16H15NO4. The number of allylic oxidation sites excluding steroid dienone is 1. The number of hydrogen-bond acceptors (Lipinski definition) is 4. The average Bonchev–Trinajstić information content (AvgIpc) is 2.85. The lowest BCUT2D eigenvalue weighted by Crippen LogP contribution is -2.21. The Morgan fingerprint density at radius 3 is 2.71 bits per heavy atom. The molecule has 0 saturated carbocycles. The number of nitrogens with zero attached hydrogens (tertiary/aromatic N) is 1. The zero-order valence-corrected chi connectivity index (χ0v) is 11.8. The average molecular weight is 285 g/mol. The maximum Gasteiger partial charge on any atom is 0.424 e. The monoisotopic (exact) mass is 285 g/mol. The predicted molar refractivity (Wildman–Crippen MR) is 76.5 cm³/mol. The van der Waals surface area contributed by atoms with Gasteiger partial charge in [-0.1, -0.05) is 31.2 Å². The van der Waals surface area contributed by atoms with Gasteiger partial charge in [0.2, 0.25) is 0 Å². The van der Waals surface area contributed by atoms with Crippen molar-refractivity contribution in [1.82, 2.24) is 4.57 Å². The third kappa shape index (κ3) is 2.11. The summed E-state index contributed by atoms with van der Waals surface area (Å²) in [5.41, 5.74) is 2.00. The number of aromatic nitrogens is 1. The first-order chi connectivity index (χ1) is 10.1. The Kier molecular flexibility index (Phi) is 3.25. The topological polar surface area (TPSA) is 61.4 Å². The molecule has 1 aromatic carbocycles. The third-order valence-electron chi connectivity index (χ3n) is 3.74. The van der Waals surface area contributed by atoms with E-state index in [1.165, 1.54) is 11.7 Å². The summed E-state index contributed by atoms with van der Waals surface area (Å²) in [6.45, 7) is 1.87. The molecule has 0 bridgehead atoms. The van der Waals surface area contributed by atoms with Crippen molar-refractivity contribution >= 4 is 5.97 Å². The highest BCUT2D eigenvalue weighted by Gasteiger charge is 2.31. The van der Waals surface area contributed by atoms with E-state index < -0.39 is 5.76 Å². The molecule has 1 aliphatic rings. The van der Waals surface area contributed by atoms with Gasteiger partial charge in [0.05, 0.1) is 18.5 Å². The van der Waals surface area contributed by atoms with Crippen LogP contribution in [0.4, 0.5) is 0 Å². The fourth-order valence-corrected chi connectivity index (χ4v) is 2.73. The van der Waals surface area contributed by atoms with Crippen molar-refractivity contribution in [2.24, 2.45) is 0 Å². The van der Waals surface area contributed by atoms with Crippen molar-refractivity contribution in [3.63, 3.8) is 0 Å². The number of oxazole rings is 1. The van der Waals surface area contributed by atoms with Crippen LogP contribution < -0.4 is 5.76 Å². The van der Waals surface area contributed by atoms with Crippen LogP contribution >= 0.6 is 0 Å². The van der Waals surface area contributed by atoms with E-state index in [1.54, 1.807) is 6.08 Å². The number of methoxy groups -OCH3 is 1. The highest BCUT2D eigenvalue weighted by Crippen LogP contribution is 2.33. The Morgan fingerprint density at radius 1 is 1.33 bits per heavy atom. The first-order valence-corrected chi connectivity index (χ1v) is 6.72. The summed E-state index contributed by atoms with van der Waals surface area (Å²) in [5, 5.41) is 0. The van der Waals surface area contributed by atoms with Crippen molar-refractivity contribution in [3.8, 4) is 5.69 Å². The molecule has 1 aliphatic carbocycles. The van der Waals surface area contributed by atoms with Gasteiger partial charge in [0.15, 0.2) is 0 Å². The van der Waals surface area contributed by atoms with Crippen molar-refractivity contribution in [2.45, 2.75) is 19.3 Å². The molecule has 1 atom stereocenters. The van der Waals surface area contributed by atoms with Crippen LogP contribution in [-0.4, -0.2) is 17.6 Å². The van der Waals surface area contributed by atoms with Gasteiger partial charge in [0.1, 0.15) is 5.76 Å². The van der Waals surface area contributed by atoms with Crippen LogP contribution in [0.2, 0.25) is 0 Å². The normalized spacial score (nSPS) is 17.0. The Bertz CT molecular complexity index is 767. The third-order valence-corrected chi connectivity index (χ3v) is 3.74. The summed E-state index contributed by atoms with van der Waals surface area (Å²) in [4.78, 5) is 24.0. The van der Waals surface area contributed by atoms with E-state index in [2.05, 4.69) is 0 Å². The van der Waals surface area contributed by atoms with Crippen LogP contribution in [0.1, 0.15) is 24.3 Å². The second-order valence-corrected chi connectivity index (χ2v) is 4.92. The van der Waals surface area contributed by atoms with Gasteiger partial charge in [-0.15, -0.1) is 0 Å². The fraction of sp³-hybridized carbons (Fsp3) is 0.250. The Morgan fingerprint density at radius 2 is 2.05 bits per heavy atom. The molecule has 21 heavy (non-hydrogen) atoms. The molecule has 1 aromatic heterocycles. The molecule has 5 heteroatoms. The Balaban J connectivity index is 2.15. The number of fused-ring (bicyclic) bond motifs is 1. The van der Waals surface area contributed by atoms with Crippen molar-refractivity contribution in [2.75, 3.05) is 7.11 Å². The molecule has 0 radical (unpaired) electrons. The van der Waals surface area contributed by atoms with E-state index >= 15 is 0 Å². The second kappa shape index (κ2) is 5.09. The molecule has 0 fully saturated rings. The minimum atomic E-state index is -0.433. The SMILES string of the molecule is COC(=O)C1=CCc2oc(=O)n(-c3ccccc3)c2[C@@H]1C. The first-order valence-electron chi connectivity index (χ1n) is 6.72. The number of ether oxygens (including phenoxy) is 1. The molecule has 0 amide bonds. The maximum absolute atomic E-state index is 12.2. The van der Waals surface area contributed by atoms with Crippen LogP contribution in [0.3, 0.4) is 0 Å². The van der Waals surface area contributed by atoms with Gasteiger partial charge < -0.3 is 9.15 Å². The highest BCUT2D eigenvalue weighted by molar-refractivity contribution is 5.90. The summed E-state index contributed by atoms with van der Waals surface area (Å²) in [5.74, 6) is -0.462. The highest BCUT2D eigenvalue weighted by atomic mass is 16.5. The molecule has 5 nitrogen and oxygen atoms in total. The number of carbonyl (C=O) groups excluding carboxylic acids is 1. The van der Waals surface area contributed by atoms with E-state index in [0.29, 0.717) is 23.4 Å². The quantitative estimate of drug-likeness (QED) is 0.794. The van der Waals surface area contributed by atoms with E-state index in [9.17, 15) is 9.59 Å². The van der Waals surface area contributed by atoms with Crippen LogP contribution in [0.25, 0.3) is 5.69 Å². The standard InChI is InChI=1S/C16H15NO4/c1-10-12(15(18)20-2)8-9-13-14(10)17(16(19)21-13)11-6-4-3-5-7-11/h3-8,10H,9H2,1-2H3/t10-/m1/s1. The van der Waals surface area contributed by atoms with Crippen molar-refractivity contribution in [3.05, 3.63) is 64.0 Å². The van der Waals surface area contributed by atoms with Gasteiger partial charge in [-0.3, -0.25) is 0 Å². The van der Waals surface area contributed by atoms with Gasteiger partial charge in [0.25, 0.3) is 0 Å². The van der Waals surface area contributed by atoms with Gasteiger partial charge in [-0.25, -0.2) is 14.2 Å². The van der Waals surface area contributed by atoms with E-state index in [0.717, 1.165) is 5.69 Å². The molecular weight excluding hydrogens is 270 g/mol. The number of benzene rings is 1. The second-order valence-electron chi connectivity index (χ2n) is 4.92. The van der Waals surface area contributed by atoms with Gasteiger partial charge in [-0.2, -0.15) is 0 Å². The summed E-state index contributed by atoms with van der Waals surface area (Å²) in [6, 6.07) is 9.25. The van der Waals surface area contributed by atoms with Crippen molar-refractivity contribution in [1.29, 1.82) is 0 Å². The summed E-state index contributed by atoms with van der Waals surface area (Å²) in [7, 11) is 1.35. The number of esters is 1. The summed E-state index contributed by atoms with van der Waals surface area (Å²) in [6.07, 6.45) is 2.18. The molecule has 0 saturated heterocycles. The van der Waals surface area contributed by atoms with Crippen molar-refractivity contribution < 1.29 is 13.9 Å². The molecule has 3 rings (SSSR count). The Labute approximate surface area is 121 Å². The lowest BCUT2D eigenvalue weighted by Gasteiger charge is -2.20. The fourth-order valence-electron chi connectivity index (χ4n) is 2.73. The largest absolute Gasteiger partial charge is 0.466 e. The first kappa shape index (κ1) is 13.4. The number of para-hydroxylation sites is 1. The minimum Gasteiger partial charge on any atom is -0.466 e. The lowest BCUT2D eigenvalue weighted by molar-refractivity contribution is -0.136. The minimum absolute atomic E-state index is 0.257. The summed E-state index contributed by atoms with van der Waals surface area (Å²) >= 11 is 0.